The van der Waals surface area contributed by atoms with Crippen molar-refractivity contribution in [2.24, 2.45) is 0 Å². The number of hydrogen-bond acceptors (Lipinski definition) is 5. The van der Waals surface area contributed by atoms with Gasteiger partial charge in [0.05, 0.1) is 16.8 Å². The SMILES string of the molecule is CN(C)CCCOc1ccc(-c2c(O)ccc3ncc4sccc4c23)cc1. The highest BCUT2D eigenvalue weighted by Crippen LogP contribution is 2.40. The molecule has 0 bridgehead atoms. The van der Waals surface area contributed by atoms with Gasteiger partial charge in [-0.2, -0.15) is 0 Å². The Bertz CT molecular complexity index is 1070. The predicted octanol–water partition coefficient (Wildman–Crippen LogP) is 5.15. The normalized spacial score (nSPS) is 11.5. The summed E-state index contributed by atoms with van der Waals surface area (Å²) in [6, 6.07) is 13.6. The Balaban J connectivity index is 1.68. The summed E-state index contributed by atoms with van der Waals surface area (Å²) in [5, 5.41) is 14.8. The molecule has 0 aliphatic carbocycles. The summed E-state index contributed by atoms with van der Waals surface area (Å²) < 4.78 is 6.94. The number of thiophene rings is 1. The molecule has 27 heavy (non-hydrogen) atoms. The van der Waals surface area contributed by atoms with E-state index in [9.17, 15) is 5.11 Å². The zero-order valence-corrected chi connectivity index (χ0v) is 16.3. The Morgan fingerprint density at radius 2 is 1.89 bits per heavy atom. The molecule has 0 amide bonds. The molecule has 0 spiro atoms. The van der Waals surface area contributed by atoms with Crippen molar-refractivity contribution in [3.63, 3.8) is 0 Å². The van der Waals surface area contributed by atoms with E-state index in [1.165, 1.54) is 0 Å². The Labute approximate surface area is 162 Å². The first-order chi connectivity index (χ1) is 13.1. The first-order valence-electron chi connectivity index (χ1n) is 8.99. The van der Waals surface area contributed by atoms with Gasteiger partial charge in [0, 0.05) is 29.1 Å². The van der Waals surface area contributed by atoms with Crippen molar-refractivity contribution in [2.45, 2.75) is 6.42 Å². The highest BCUT2D eigenvalue weighted by Gasteiger charge is 2.14. The van der Waals surface area contributed by atoms with Crippen LogP contribution in [0, 0.1) is 0 Å². The number of nitrogens with zero attached hydrogens (tertiary/aromatic N) is 2. The van der Waals surface area contributed by atoms with Crippen LogP contribution in [0.5, 0.6) is 11.5 Å². The van der Waals surface area contributed by atoms with E-state index in [1.807, 2.05) is 36.5 Å². The van der Waals surface area contributed by atoms with Crippen LogP contribution in [0.4, 0.5) is 0 Å². The highest BCUT2D eigenvalue weighted by molar-refractivity contribution is 7.17. The minimum atomic E-state index is 0.266. The lowest BCUT2D eigenvalue weighted by atomic mass is 9.97. The molecule has 4 nitrogen and oxygen atoms in total. The Kier molecular flexibility index (Phi) is 4.97. The number of rotatable bonds is 6. The fraction of sp³-hybridized carbons (Fsp3) is 0.227. The fourth-order valence-corrected chi connectivity index (χ4v) is 4.06. The van der Waals surface area contributed by atoms with E-state index in [0.29, 0.717) is 6.61 Å². The minimum absolute atomic E-state index is 0.266. The molecule has 0 aliphatic rings. The van der Waals surface area contributed by atoms with Gasteiger partial charge in [0.1, 0.15) is 11.5 Å². The number of phenolic OH excluding ortho intramolecular Hbond substituents is 1. The molecule has 2 aromatic heterocycles. The Hall–Kier alpha value is -2.63. The van der Waals surface area contributed by atoms with E-state index >= 15 is 0 Å². The lowest BCUT2D eigenvalue weighted by Crippen LogP contribution is -2.15. The predicted molar refractivity (Wildman–Crippen MR) is 113 cm³/mol. The maximum Gasteiger partial charge on any atom is 0.124 e. The van der Waals surface area contributed by atoms with Crippen LogP contribution in [-0.4, -0.2) is 42.2 Å². The zero-order chi connectivity index (χ0) is 18.8. The Morgan fingerprint density at radius 1 is 1.07 bits per heavy atom. The molecule has 4 rings (SSSR count). The number of aromatic hydroxyl groups is 1. The van der Waals surface area contributed by atoms with Gasteiger partial charge in [-0.1, -0.05) is 12.1 Å². The summed E-state index contributed by atoms with van der Waals surface area (Å²) >= 11 is 1.66. The van der Waals surface area contributed by atoms with E-state index in [0.717, 1.165) is 50.8 Å². The smallest absolute Gasteiger partial charge is 0.124 e. The number of ether oxygens (including phenoxy) is 1. The van der Waals surface area contributed by atoms with Crippen LogP contribution in [0.2, 0.25) is 0 Å². The van der Waals surface area contributed by atoms with Crippen LogP contribution in [0.15, 0.2) is 54.0 Å². The van der Waals surface area contributed by atoms with Gasteiger partial charge in [0.15, 0.2) is 0 Å². The van der Waals surface area contributed by atoms with E-state index in [4.69, 9.17) is 4.74 Å². The van der Waals surface area contributed by atoms with Crippen LogP contribution < -0.4 is 4.74 Å². The third kappa shape index (κ3) is 3.61. The molecule has 138 valence electrons. The van der Waals surface area contributed by atoms with Gasteiger partial charge in [-0.05, 0) is 61.8 Å². The minimum Gasteiger partial charge on any atom is -0.507 e. The molecule has 0 aliphatic heterocycles. The molecule has 1 N–H and O–H groups in total. The molecule has 0 radical (unpaired) electrons. The molecule has 5 heteroatoms. The first kappa shape index (κ1) is 17.8. The van der Waals surface area contributed by atoms with Crippen LogP contribution in [0.25, 0.3) is 32.1 Å². The van der Waals surface area contributed by atoms with E-state index in [2.05, 4.69) is 35.4 Å². The lowest BCUT2D eigenvalue weighted by molar-refractivity contribution is 0.281. The number of benzene rings is 2. The Morgan fingerprint density at radius 3 is 2.67 bits per heavy atom. The van der Waals surface area contributed by atoms with E-state index < -0.39 is 0 Å². The van der Waals surface area contributed by atoms with Crippen LogP contribution in [0.1, 0.15) is 6.42 Å². The summed E-state index contributed by atoms with van der Waals surface area (Å²) in [7, 11) is 4.12. The summed E-state index contributed by atoms with van der Waals surface area (Å²) in [4.78, 5) is 6.71. The van der Waals surface area contributed by atoms with Crippen molar-refractivity contribution in [1.29, 1.82) is 0 Å². The molecule has 0 atom stereocenters. The number of phenols is 1. The molecule has 0 saturated heterocycles. The molecule has 2 heterocycles. The second kappa shape index (κ2) is 7.55. The first-order valence-corrected chi connectivity index (χ1v) is 9.87. The van der Waals surface area contributed by atoms with Crippen molar-refractivity contribution in [2.75, 3.05) is 27.2 Å². The van der Waals surface area contributed by atoms with Crippen LogP contribution in [-0.2, 0) is 0 Å². The van der Waals surface area contributed by atoms with Gasteiger partial charge < -0.3 is 14.7 Å². The number of pyridine rings is 1. The average molecular weight is 378 g/mol. The van der Waals surface area contributed by atoms with E-state index in [-0.39, 0.29) is 5.75 Å². The van der Waals surface area contributed by atoms with Gasteiger partial charge in [0.2, 0.25) is 0 Å². The third-order valence-corrected chi connectivity index (χ3v) is 5.46. The van der Waals surface area contributed by atoms with Crippen molar-refractivity contribution < 1.29 is 9.84 Å². The van der Waals surface area contributed by atoms with Gasteiger partial charge in [0.25, 0.3) is 0 Å². The highest BCUT2D eigenvalue weighted by atomic mass is 32.1. The van der Waals surface area contributed by atoms with Crippen molar-refractivity contribution in [3.8, 4) is 22.6 Å². The second-order valence-electron chi connectivity index (χ2n) is 6.84. The van der Waals surface area contributed by atoms with Gasteiger partial charge in [-0.3, -0.25) is 4.98 Å². The molecule has 2 aromatic carbocycles. The van der Waals surface area contributed by atoms with Gasteiger partial charge in [-0.25, -0.2) is 0 Å². The molecule has 4 aromatic rings. The monoisotopic (exact) mass is 378 g/mol. The molecule has 0 fully saturated rings. The summed E-state index contributed by atoms with van der Waals surface area (Å²) in [6.07, 6.45) is 2.88. The molecule has 0 saturated carbocycles. The molecule has 0 unspecified atom stereocenters. The van der Waals surface area contributed by atoms with Crippen molar-refractivity contribution in [1.82, 2.24) is 9.88 Å². The second-order valence-corrected chi connectivity index (χ2v) is 7.79. The summed E-state index contributed by atoms with van der Waals surface area (Å²) in [6.45, 7) is 1.70. The topological polar surface area (TPSA) is 45.6 Å². The van der Waals surface area contributed by atoms with Crippen LogP contribution >= 0.6 is 11.3 Å². The maximum absolute atomic E-state index is 10.6. The van der Waals surface area contributed by atoms with Crippen molar-refractivity contribution in [3.05, 3.63) is 54.0 Å². The zero-order valence-electron chi connectivity index (χ0n) is 15.5. The van der Waals surface area contributed by atoms with Gasteiger partial charge in [-0.15, -0.1) is 11.3 Å². The standard InChI is InChI=1S/C22H22N2O2S/c1-24(2)11-3-12-26-16-6-4-15(5-7-16)21-19(25)9-8-18-22(21)17-10-13-27-20(17)14-23-18/h4-10,13-14,25H,3,11-12H2,1-2H3. The number of fused-ring (bicyclic) bond motifs is 3. The largest absolute Gasteiger partial charge is 0.507 e. The van der Waals surface area contributed by atoms with Crippen LogP contribution in [0.3, 0.4) is 0 Å². The number of aromatic nitrogens is 1. The van der Waals surface area contributed by atoms with Crippen molar-refractivity contribution >= 4 is 32.3 Å². The molecular formula is C22H22N2O2S. The van der Waals surface area contributed by atoms with E-state index in [1.54, 1.807) is 17.4 Å². The fourth-order valence-electron chi connectivity index (χ4n) is 3.30. The van der Waals surface area contributed by atoms with Gasteiger partial charge >= 0.3 is 0 Å². The quantitative estimate of drug-likeness (QED) is 0.471. The summed E-state index contributed by atoms with van der Waals surface area (Å²) in [5.74, 6) is 1.11. The maximum atomic E-state index is 10.6. The number of hydrogen-bond donors (Lipinski definition) is 1. The summed E-state index contributed by atoms with van der Waals surface area (Å²) in [5.41, 5.74) is 2.67. The molecular weight excluding hydrogens is 356 g/mol. The third-order valence-electron chi connectivity index (χ3n) is 4.61. The average Bonchev–Trinajstić information content (AvgIpc) is 3.15. The lowest BCUT2D eigenvalue weighted by Gasteiger charge is -2.12.